The number of aliphatic hydroxyl groups is 1. The Bertz CT molecular complexity index is 361. The molecule has 1 aliphatic rings. The molecule has 86 valence electrons. The maximum atomic E-state index is 12.6. The maximum absolute atomic E-state index is 12.6. The first-order chi connectivity index (χ1) is 7.74. The lowest BCUT2D eigenvalue weighted by Crippen LogP contribution is -2.21. The molecule has 2 rings (SSSR count). The van der Waals surface area contributed by atoms with Gasteiger partial charge in [0.15, 0.2) is 0 Å². The van der Waals surface area contributed by atoms with Crippen molar-refractivity contribution in [3.05, 3.63) is 41.7 Å². The Morgan fingerprint density at radius 1 is 1.38 bits per heavy atom. The zero-order valence-corrected chi connectivity index (χ0v) is 9.14. The van der Waals surface area contributed by atoms with Crippen LogP contribution in [0, 0.1) is 5.82 Å². The van der Waals surface area contributed by atoms with Crippen molar-refractivity contribution < 1.29 is 9.50 Å². The van der Waals surface area contributed by atoms with Gasteiger partial charge in [0.2, 0.25) is 0 Å². The fourth-order valence-corrected chi connectivity index (χ4v) is 1.89. The second-order valence-corrected chi connectivity index (χ2v) is 4.16. The molecule has 1 N–H and O–H groups in total. The predicted molar refractivity (Wildman–Crippen MR) is 62.5 cm³/mol. The average molecular weight is 221 g/mol. The molecule has 2 nitrogen and oxygen atoms in total. The summed E-state index contributed by atoms with van der Waals surface area (Å²) in [6.45, 7) is 2.55. The van der Waals surface area contributed by atoms with E-state index in [1.807, 2.05) is 12.2 Å². The Morgan fingerprint density at radius 2 is 2.12 bits per heavy atom. The summed E-state index contributed by atoms with van der Waals surface area (Å²) in [6.07, 6.45) is 4.72. The molecule has 16 heavy (non-hydrogen) atoms. The number of aliphatic hydroxyl groups excluding tert-OH is 1. The second-order valence-electron chi connectivity index (χ2n) is 4.16. The van der Waals surface area contributed by atoms with Gasteiger partial charge in [-0.2, -0.15) is 0 Å². The first-order valence-corrected chi connectivity index (χ1v) is 5.56. The fraction of sp³-hybridized carbons (Fsp3) is 0.385. The molecule has 0 aromatic heterocycles. The van der Waals surface area contributed by atoms with E-state index >= 15 is 0 Å². The lowest BCUT2D eigenvalue weighted by molar-refractivity contribution is 0.179. The minimum absolute atomic E-state index is 0.167. The minimum atomic E-state index is -0.209. The van der Waals surface area contributed by atoms with Crippen LogP contribution >= 0.6 is 0 Å². The molecule has 0 spiro atoms. The van der Waals surface area contributed by atoms with Crippen molar-refractivity contribution in [1.82, 2.24) is 4.90 Å². The van der Waals surface area contributed by atoms with Crippen molar-refractivity contribution >= 4 is 6.08 Å². The molecule has 1 aliphatic heterocycles. The third-order valence-electron chi connectivity index (χ3n) is 2.79. The van der Waals surface area contributed by atoms with E-state index in [-0.39, 0.29) is 11.9 Å². The molecule has 1 fully saturated rings. The van der Waals surface area contributed by atoms with E-state index in [0.29, 0.717) is 0 Å². The molecule has 0 saturated carbocycles. The highest BCUT2D eigenvalue weighted by molar-refractivity contribution is 5.48. The van der Waals surface area contributed by atoms with E-state index in [1.165, 1.54) is 12.1 Å². The monoisotopic (exact) mass is 221 g/mol. The van der Waals surface area contributed by atoms with Crippen LogP contribution in [0.5, 0.6) is 0 Å². The van der Waals surface area contributed by atoms with Crippen molar-refractivity contribution in [2.45, 2.75) is 12.5 Å². The van der Waals surface area contributed by atoms with Crippen LogP contribution in [-0.2, 0) is 0 Å². The number of hydrogen-bond donors (Lipinski definition) is 1. The molecule has 1 atom stereocenters. The van der Waals surface area contributed by atoms with Gasteiger partial charge in [0, 0.05) is 19.6 Å². The lowest BCUT2D eigenvalue weighted by atomic mass is 10.2. The number of hydrogen-bond acceptors (Lipinski definition) is 2. The summed E-state index contributed by atoms with van der Waals surface area (Å²) in [7, 11) is 0. The topological polar surface area (TPSA) is 23.5 Å². The summed E-state index contributed by atoms with van der Waals surface area (Å²) >= 11 is 0. The molecule has 1 saturated heterocycles. The summed E-state index contributed by atoms with van der Waals surface area (Å²) in [4.78, 5) is 2.20. The van der Waals surface area contributed by atoms with E-state index in [0.717, 1.165) is 31.6 Å². The third kappa shape index (κ3) is 3.15. The van der Waals surface area contributed by atoms with Crippen LogP contribution in [0.4, 0.5) is 4.39 Å². The van der Waals surface area contributed by atoms with Crippen LogP contribution < -0.4 is 0 Å². The van der Waals surface area contributed by atoms with Crippen LogP contribution in [0.25, 0.3) is 6.08 Å². The number of rotatable bonds is 3. The molecule has 1 heterocycles. The standard InChI is InChI=1S/C13H16FNO/c14-12-5-3-11(4-6-12)2-1-8-15-9-7-13(16)10-15/h1-6,13,16H,7-10H2/b2-1+/t13-/m1/s1. The largest absolute Gasteiger partial charge is 0.392 e. The van der Waals surface area contributed by atoms with Gasteiger partial charge in [0.05, 0.1) is 6.10 Å². The Balaban J connectivity index is 1.83. The number of likely N-dealkylation sites (tertiary alicyclic amines) is 1. The summed E-state index contributed by atoms with van der Waals surface area (Å²) in [5.74, 6) is -0.209. The number of halogens is 1. The van der Waals surface area contributed by atoms with Gasteiger partial charge in [-0.15, -0.1) is 0 Å². The van der Waals surface area contributed by atoms with E-state index < -0.39 is 0 Å². The van der Waals surface area contributed by atoms with Crippen LogP contribution in [-0.4, -0.2) is 35.7 Å². The highest BCUT2D eigenvalue weighted by Gasteiger charge is 2.18. The molecule has 0 radical (unpaired) electrons. The predicted octanol–water partition coefficient (Wildman–Crippen LogP) is 1.91. The van der Waals surface area contributed by atoms with Gasteiger partial charge in [-0.25, -0.2) is 4.39 Å². The Hall–Kier alpha value is -1.19. The zero-order valence-electron chi connectivity index (χ0n) is 9.14. The molecule has 3 heteroatoms. The number of nitrogens with zero attached hydrogens (tertiary/aromatic N) is 1. The highest BCUT2D eigenvalue weighted by Crippen LogP contribution is 2.09. The molecule has 0 unspecified atom stereocenters. The average Bonchev–Trinajstić information content (AvgIpc) is 2.67. The first kappa shape index (κ1) is 11.3. The molecule has 0 amide bonds. The summed E-state index contributed by atoms with van der Waals surface area (Å²) < 4.78 is 12.6. The SMILES string of the molecule is O[C@@H]1CCN(C/C=C/c2ccc(F)cc2)C1. The molecular formula is C13H16FNO. The zero-order chi connectivity index (χ0) is 11.4. The van der Waals surface area contributed by atoms with Gasteiger partial charge in [-0.3, -0.25) is 4.90 Å². The number of β-amino-alcohol motifs (C(OH)–C–C–N with tert-alkyl or cyclic N) is 1. The highest BCUT2D eigenvalue weighted by atomic mass is 19.1. The second kappa shape index (κ2) is 5.23. The molecule has 1 aromatic carbocycles. The van der Waals surface area contributed by atoms with Gasteiger partial charge in [0.25, 0.3) is 0 Å². The lowest BCUT2D eigenvalue weighted by Gasteiger charge is -2.10. The quantitative estimate of drug-likeness (QED) is 0.842. The smallest absolute Gasteiger partial charge is 0.123 e. The van der Waals surface area contributed by atoms with Gasteiger partial charge >= 0.3 is 0 Å². The van der Waals surface area contributed by atoms with Crippen LogP contribution in [0.3, 0.4) is 0 Å². The Kier molecular flexibility index (Phi) is 3.70. The van der Waals surface area contributed by atoms with Crippen LogP contribution in [0.15, 0.2) is 30.3 Å². The van der Waals surface area contributed by atoms with E-state index in [9.17, 15) is 9.50 Å². The Labute approximate surface area is 95.0 Å². The Morgan fingerprint density at radius 3 is 2.75 bits per heavy atom. The van der Waals surface area contributed by atoms with Crippen molar-refractivity contribution in [3.8, 4) is 0 Å². The number of benzene rings is 1. The molecular weight excluding hydrogens is 205 g/mol. The normalized spacial score (nSPS) is 22.0. The van der Waals surface area contributed by atoms with Crippen molar-refractivity contribution in [3.63, 3.8) is 0 Å². The summed E-state index contributed by atoms with van der Waals surface area (Å²) in [6, 6.07) is 6.42. The summed E-state index contributed by atoms with van der Waals surface area (Å²) in [5.41, 5.74) is 1.00. The van der Waals surface area contributed by atoms with Crippen molar-refractivity contribution in [2.75, 3.05) is 19.6 Å². The van der Waals surface area contributed by atoms with Crippen LogP contribution in [0.2, 0.25) is 0 Å². The van der Waals surface area contributed by atoms with E-state index in [1.54, 1.807) is 12.1 Å². The summed E-state index contributed by atoms with van der Waals surface area (Å²) in [5, 5.41) is 9.34. The van der Waals surface area contributed by atoms with Gasteiger partial charge in [0.1, 0.15) is 5.82 Å². The maximum Gasteiger partial charge on any atom is 0.123 e. The van der Waals surface area contributed by atoms with Gasteiger partial charge < -0.3 is 5.11 Å². The van der Waals surface area contributed by atoms with Gasteiger partial charge in [-0.1, -0.05) is 24.3 Å². The van der Waals surface area contributed by atoms with E-state index in [4.69, 9.17) is 0 Å². The van der Waals surface area contributed by atoms with Crippen molar-refractivity contribution in [1.29, 1.82) is 0 Å². The molecule has 1 aromatic rings. The molecule has 0 bridgehead atoms. The van der Waals surface area contributed by atoms with Gasteiger partial charge in [-0.05, 0) is 24.1 Å². The molecule has 0 aliphatic carbocycles. The first-order valence-electron chi connectivity index (χ1n) is 5.56. The van der Waals surface area contributed by atoms with Crippen molar-refractivity contribution in [2.24, 2.45) is 0 Å². The third-order valence-corrected chi connectivity index (χ3v) is 2.79. The van der Waals surface area contributed by atoms with Crippen LogP contribution in [0.1, 0.15) is 12.0 Å². The van der Waals surface area contributed by atoms with E-state index in [2.05, 4.69) is 4.90 Å². The fourth-order valence-electron chi connectivity index (χ4n) is 1.89. The minimum Gasteiger partial charge on any atom is -0.392 e.